The van der Waals surface area contributed by atoms with Gasteiger partial charge in [0.25, 0.3) is 0 Å². The molecule has 0 aliphatic heterocycles. The summed E-state index contributed by atoms with van der Waals surface area (Å²) in [6.07, 6.45) is 1.88. The Morgan fingerprint density at radius 2 is 2.36 bits per heavy atom. The van der Waals surface area contributed by atoms with Gasteiger partial charge >= 0.3 is 0 Å². The molecule has 4 heteroatoms. The molecule has 0 bridgehead atoms. The lowest BCUT2D eigenvalue weighted by Gasteiger charge is -2.01. The van der Waals surface area contributed by atoms with Crippen molar-refractivity contribution in [1.82, 2.24) is 9.38 Å². The average Bonchev–Trinajstić information content (AvgIpc) is 2.49. The molecule has 14 heavy (non-hydrogen) atoms. The van der Waals surface area contributed by atoms with Crippen LogP contribution in [0.3, 0.4) is 0 Å². The third-order valence-corrected chi connectivity index (χ3v) is 2.01. The van der Waals surface area contributed by atoms with Gasteiger partial charge in [-0.05, 0) is 19.1 Å². The highest BCUT2D eigenvalue weighted by molar-refractivity contribution is 5.77. The highest BCUT2D eigenvalue weighted by atomic mass is 16.3. The van der Waals surface area contributed by atoms with Crippen molar-refractivity contribution in [2.45, 2.75) is 13.3 Å². The second-order valence-corrected chi connectivity index (χ2v) is 3.20. The molecule has 0 atom stereocenters. The molecule has 0 fully saturated rings. The van der Waals surface area contributed by atoms with E-state index in [4.69, 9.17) is 0 Å². The van der Waals surface area contributed by atoms with Gasteiger partial charge in [-0.1, -0.05) is 6.07 Å². The molecule has 0 spiro atoms. The SMILES string of the molecule is CC(=O)Cc1ncc2cccc(O)n12. The van der Waals surface area contributed by atoms with Gasteiger partial charge in [-0.3, -0.25) is 9.20 Å². The Hall–Kier alpha value is -1.84. The zero-order valence-electron chi connectivity index (χ0n) is 7.77. The summed E-state index contributed by atoms with van der Waals surface area (Å²) in [6, 6.07) is 5.14. The van der Waals surface area contributed by atoms with Gasteiger partial charge in [-0.15, -0.1) is 0 Å². The maximum atomic E-state index is 10.9. The molecule has 2 rings (SSSR count). The molecular formula is C10H10N2O2. The fourth-order valence-electron chi connectivity index (χ4n) is 1.44. The van der Waals surface area contributed by atoms with Crippen LogP contribution in [0.2, 0.25) is 0 Å². The first kappa shape index (κ1) is 8.74. The zero-order valence-corrected chi connectivity index (χ0v) is 7.77. The van der Waals surface area contributed by atoms with E-state index in [1.165, 1.54) is 6.92 Å². The van der Waals surface area contributed by atoms with E-state index < -0.39 is 0 Å². The maximum Gasteiger partial charge on any atom is 0.197 e. The molecule has 2 heterocycles. The molecule has 2 aromatic heterocycles. The minimum Gasteiger partial charge on any atom is -0.494 e. The number of pyridine rings is 1. The zero-order chi connectivity index (χ0) is 10.1. The topological polar surface area (TPSA) is 54.6 Å². The number of aromatic hydroxyl groups is 1. The van der Waals surface area contributed by atoms with Crippen molar-refractivity contribution in [2.75, 3.05) is 0 Å². The number of carbonyl (C=O) groups excluding carboxylic acids is 1. The van der Waals surface area contributed by atoms with E-state index in [1.807, 2.05) is 6.07 Å². The van der Waals surface area contributed by atoms with Crippen LogP contribution in [0.15, 0.2) is 24.4 Å². The van der Waals surface area contributed by atoms with E-state index in [-0.39, 0.29) is 18.1 Å². The lowest BCUT2D eigenvalue weighted by molar-refractivity contribution is -0.116. The highest BCUT2D eigenvalue weighted by Crippen LogP contribution is 2.15. The summed E-state index contributed by atoms with van der Waals surface area (Å²) in [4.78, 5) is 15.0. The monoisotopic (exact) mass is 190 g/mol. The molecule has 0 radical (unpaired) electrons. The van der Waals surface area contributed by atoms with Crippen LogP contribution in [0.25, 0.3) is 5.52 Å². The number of aromatic nitrogens is 2. The largest absolute Gasteiger partial charge is 0.494 e. The Balaban J connectivity index is 2.61. The molecule has 0 saturated carbocycles. The van der Waals surface area contributed by atoms with Crippen molar-refractivity contribution >= 4 is 11.3 Å². The van der Waals surface area contributed by atoms with Gasteiger partial charge in [0.05, 0.1) is 18.1 Å². The van der Waals surface area contributed by atoms with Crippen LogP contribution in [0.5, 0.6) is 5.88 Å². The van der Waals surface area contributed by atoms with Crippen LogP contribution < -0.4 is 0 Å². The first-order chi connectivity index (χ1) is 6.68. The summed E-state index contributed by atoms with van der Waals surface area (Å²) in [5, 5.41) is 9.57. The molecular weight excluding hydrogens is 180 g/mol. The minimum absolute atomic E-state index is 0.0285. The van der Waals surface area contributed by atoms with Gasteiger partial charge in [0.15, 0.2) is 5.88 Å². The normalized spacial score (nSPS) is 10.6. The van der Waals surface area contributed by atoms with Crippen molar-refractivity contribution in [1.29, 1.82) is 0 Å². The summed E-state index contributed by atoms with van der Waals surface area (Å²) in [7, 11) is 0. The molecule has 0 aromatic carbocycles. The van der Waals surface area contributed by atoms with Gasteiger partial charge in [0.2, 0.25) is 0 Å². The predicted octanol–water partition coefficient (Wildman–Crippen LogP) is 1.17. The lowest BCUT2D eigenvalue weighted by Crippen LogP contribution is -2.02. The first-order valence-corrected chi connectivity index (χ1v) is 4.32. The molecule has 72 valence electrons. The number of hydrogen-bond acceptors (Lipinski definition) is 3. The van der Waals surface area contributed by atoms with Gasteiger partial charge in [-0.2, -0.15) is 0 Å². The molecule has 0 aliphatic rings. The summed E-state index contributed by atoms with van der Waals surface area (Å²) in [6.45, 7) is 1.50. The van der Waals surface area contributed by atoms with Gasteiger partial charge in [-0.25, -0.2) is 4.98 Å². The molecule has 0 saturated heterocycles. The first-order valence-electron chi connectivity index (χ1n) is 4.32. The van der Waals surface area contributed by atoms with Crippen molar-refractivity contribution in [3.05, 3.63) is 30.2 Å². The molecule has 1 N–H and O–H groups in total. The Bertz CT molecular complexity index is 488. The van der Waals surface area contributed by atoms with Crippen molar-refractivity contribution in [2.24, 2.45) is 0 Å². The molecule has 2 aromatic rings. The number of Topliss-reactive ketones (excluding diaryl/α,β-unsaturated/α-hetero) is 1. The Kier molecular flexibility index (Phi) is 1.96. The molecule has 0 amide bonds. The van der Waals surface area contributed by atoms with E-state index in [0.29, 0.717) is 5.82 Å². The van der Waals surface area contributed by atoms with Crippen LogP contribution in [-0.4, -0.2) is 20.3 Å². The van der Waals surface area contributed by atoms with Crippen molar-refractivity contribution in [3.63, 3.8) is 0 Å². The standard InChI is InChI=1S/C10H10N2O2/c1-7(13)5-9-11-6-8-3-2-4-10(14)12(8)9/h2-4,6,14H,5H2,1H3. The van der Waals surface area contributed by atoms with E-state index in [0.717, 1.165) is 5.52 Å². The maximum absolute atomic E-state index is 10.9. The smallest absolute Gasteiger partial charge is 0.197 e. The summed E-state index contributed by atoms with van der Waals surface area (Å²) < 4.78 is 1.57. The van der Waals surface area contributed by atoms with Gasteiger partial charge in [0, 0.05) is 0 Å². The van der Waals surface area contributed by atoms with E-state index in [2.05, 4.69) is 4.98 Å². The average molecular weight is 190 g/mol. The van der Waals surface area contributed by atoms with E-state index in [1.54, 1.807) is 22.7 Å². The minimum atomic E-state index is 0.0285. The fraction of sp³-hybridized carbons (Fsp3) is 0.200. The van der Waals surface area contributed by atoms with Gasteiger partial charge in [0.1, 0.15) is 11.6 Å². The third kappa shape index (κ3) is 1.35. The Labute approximate surface area is 80.8 Å². The number of imidazole rings is 1. The second-order valence-electron chi connectivity index (χ2n) is 3.20. The summed E-state index contributed by atoms with van der Waals surface area (Å²) in [5.41, 5.74) is 0.793. The number of fused-ring (bicyclic) bond motifs is 1. The van der Waals surface area contributed by atoms with Gasteiger partial charge < -0.3 is 5.11 Å². The van der Waals surface area contributed by atoms with Crippen LogP contribution in [-0.2, 0) is 11.2 Å². The number of rotatable bonds is 2. The number of carbonyl (C=O) groups is 1. The molecule has 0 unspecified atom stereocenters. The van der Waals surface area contributed by atoms with Crippen molar-refractivity contribution in [3.8, 4) is 5.88 Å². The number of nitrogens with zero attached hydrogens (tertiary/aromatic N) is 2. The number of hydrogen-bond donors (Lipinski definition) is 1. The summed E-state index contributed by atoms with van der Waals surface area (Å²) >= 11 is 0. The Morgan fingerprint density at radius 1 is 1.57 bits per heavy atom. The van der Waals surface area contributed by atoms with Crippen LogP contribution in [0, 0.1) is 0 Å². The second kappa shape index (κ2) is 3.14. The van der Waals surface area contributed by atoms with Crippen molar-refractivity contribution < 1.29 is 9.90 Å². The van der Waals surface area contributed by atoms with Crippen LogP contribution in [0.1, 0.15) is 12.7 Å². The van der Waals surface area contributed by atoms with Crippen LogP contribution in [0.4, 0.5) is 0 Å². The van der Waals surface area contributed by atoms with E-state index >= 15 is 0 Å². The summed E-state index contributed by atoms with van der Waals surface area (Å²) in [5.74, 6) is 0.711. The molecule has 0 aliphatic carbocycles. The third-order valence-electron chi connectivity index (χ3n) is 2.01. The Morgan fingerprint density at radius 3 is 3.07 bits per heavy atom. The predicted molar refractivity (Wildman–Crippen MR) is 51.2 cm³/mol. The highest BCUT2D eigenvalue weighted by Gasteiger charge is 2.08. The molecule has 4 nitrogen and oxygen atoms in total. The van der Waals surface area contributed by atoms with E-state index in [9.17, 15) is 9.90 Å². The quantitative estimate of drug-likeness (QED) is 0.773. The fourth-order valence-corrected chi connectivity index (χ4v) is 1.44. The lowest BCUT2D eigenvalue weighted by atomic mass is 10.3. The number of ketones is 1. The van der Waals surface area contributed by atoms with Crippen LogP contribution >= 0.6 is 0 Å².